The Labute approximate surface area is 150 Å². The van der Waals surface area contributed by atoms with Crippen LogP contribution in [0.25, 0.3) is 0 Å². The molecule has 0 amide bonds. The van der Waals surface area contributed by atoms with Gasteiger partial charge < -0.3 is 19.0 Å². The Bertz CT molecular complexity index is 584. The van der Waals surface area contributed by atoms with Crippen molar-refractivity contribution in [2.24, 2.45) is 0 Å². The summed E-state index contributed by atoms with van der Waals surface area (Å²) in [4.78, 5) is 2.17. The zero-order valence-electron chi connectivity index (χ0n) is 15.2. The number of furan rings is 1. The summed E-state index contributed by atoms with van der Waals surface area (Å²) in [6, 6.07) is 13.9. The molecule has 0 bridgehead atoms. The summed E-state index contributed by atoms with van der Waals surface area (Å²) in [6.07, 6.45) is 0.371. The lowest BCUT2D eigenvalue weighted by molar-refractivity contribution is 0.00638. The number of hydrogen-bond acceptors (Lipinski definition) is 5. The SMILES string of the molecule is COCCCN(Cc1ccc(C)o1)CC(O)COCc1ccccc1. The minimum Gasteiger partial charge on any atom is -0.465 e. The summed E-state index contributed by atoms with van der Waals surface area (Å²) in [6.45, 7) is 5.51. The Morgan fingerprint density at radius 1 is 1.16 bits per heavy atom. The first-order valence-electron chi connectivity index (χ1n) is 8.73. The van der Waals surface area contributed by atoms with Gasteiger partial charge in [-0.15, -0.1) is 0 Å². The molecule has 0 aliphatic heterocycles. The lowest BCUT2D eigenvalue weighted by atomic mass is 10.2. The number of benzene rings is 1. The highest BCUT2D eigenvalue weighted by Crippen LogP contribution is 2.11. The van der Waals surface area contributed by atoms with Crippen LogP contribution in [0.15, 0.2) is 46.9 Å². The summed E-state index contributed by atoms with van der Waals surface area (Å²) >= 11 is 0. The second kappa shape index (κ2) is 11.1. The summed E-state index contributed by atoms with van der Waals surface area (Å²) in [5, 5.41) is 10.3. The highest BCUT2D eigenvalue weighted by Gasteiger charge is 2.14. The average Bonchev–Trinajstić information content (AvgIpc) is 3.01. The Morgan fingerprint density at radius 2 is 1.96 bits per heavy atom. The normalized spacial score (nSPS) is 12.6. The maximum Gasteiger partial charge on any atom is 0.118 e. The standard InChI is InChI=1S/C20H29NO4/c1-17-9-10-20(25-17)14-21(11-6-12-23-2)13-19(22)16-24-15-18-7-4-3-5-8-18/h3-5,7-10,19,22H,6,11-16H2,1-2H3. The molecule has 1 atom stereocenters. The van der Waals surface area contributed by atoms with Crippen molar-refractivity contribution >= 4 is 0 Å². The second-order valence-corrected chi connectivity index (χ2v) is 6.25. The number of hydrogen-bond donors (Lipinski definition) is 1. The summed E-state index contributed by atoms with van der Waals surface area (Å²) in [5.74, 6) is 1.81. The number of methoxy groups -OCH3 is 1. The molecule has 1 unspecified atom stereocenters. The van der Waals surface area contributed by atoms with Crippen molar-refractivity contribution in [2.45, 2.75) is 32.6 Å². The minimum atomic E-state index is -0.540. The molecule has 0 saturated heterocycles. The van der Waals surface area contributed by atoms with Crippen LogP contribution in [-0.4, -0.2) is 49.5 Å². The topological polar surface area (TPSA) is 55.1 Å². The quantitative estimate of drug-likeness (QED) is 0.598. The highest BCUT2D eigenvalue weighted by molar-refractivity contribution is 5.13. The van der Waals surface area contributed by atoms with E-state index in [1.54, 1.807) is 7.11 Å². The molecule has 0 saturated carbocycles. The van der Waals surface area contributed by atoms with Crippen LogP contribution in [-0.2, 0) is 22.6 Å². The fourth-order valence-corrected chi connectivity index (χ4v) is 2.70. The second-order valence-electron chi connectivity index (χ2n) is 6.25. The molecule has 2 aromatic rings. The van der Waals surface area contributed by atoms with E-state index in [9.17, 15) is 5.11 Å². The maximum absolute atomic E-state index is 10.3. The van der Waals surface area contributed by atoms with Gasteiger partial charge >= 0.3 is 0 Å². The van der Waals surface area contributed by atoms with E-state index < -0.39 is 6.10 Å². The van der Waals surface area contributed by atoms with Crippen LogP contribution in [0.5, 0.6) is 0 Å². The molecule has 5 heteroatoms. The molecule has 138 valence electrons. The van der Waals surface area contributed by atoms with Crippen molar-refractivity contribution in [3.63, 3.8) is 0 Å². The van der Waals surface area contributed by atoms with Gasteiger partial charge in [-0.25, -0.2) is 0 Å². The molecule has 1 aromatic heterocycles. The van der Waals surface area contributed by atoms with E-state index in [4.69, 9.17) is 13.9 Å². The van der Waals surface area contributed by atoms with Crippen molar-refractivity contribution in [3.05, 3.63) is 59.5 Å². The van der Waals surface area contributed by atoms with Crippen LogP contribution in [0, 0.1) is 6.92 Å². The largest absolute Gasteiger partial charge is 0.465 e. The third-order valence-corrected chi connectivity index (χ3v) is 3.89. The van der Waals surface area contributed by atoms with E-state index >= 15 is 0 Å². The van der Waals surface area contributed by atoms with E-state index in [-0.39, 0.29) is 0 Å². The zero-order chi connectivity index (χ0) is 17.9. The third-order valence-electron chi connectivity index (χ3n) is 3.89. The van der Waals surface area contributed by atoms with E-state index in [0.717, 1.165) is 30.0 Å². The van der Waals surface area contributed by atoms with E-state index in [1.807, 2.05) is 49.4 Å². The first-order valence-corrected chi connectivity index (χ1v) is 8.73. The van der Waals surface area contributed by atoms with Crippen molar-refractivity contribution in [1.29, 1.82) is 0 Å². The molecule has 2 rings (SSSR count). The first-order chi connectivity index (χ1) is 12.2. The van der Waals surface area contributed by atoms with E-state index in [0.29, 0.717) is 32.9 Å². The molecule has 0 spiro atoms. The van der Waals surface area contributed by atoms with Crippen LogP contribution in [0.2, 0.25) is 0 Å². The van der Waals surface area contributed by atoms with Gasteiger partial charge in [0.05, 0.1) is 25.9 Å². The Balaban J connectivity index is 1.77. The van der Waals surface area contributed by atoms with Gasteiger partial charge in [0.25, 0.3) is 0 Å². The van der Waals surface area contributed by atoms with Crippen LogP contribution in [0.3, 0.4) is 0 Å². The van der Waals surface area contributed by atoms with Gasteiger partial charge in [-0.3, -0.25) is 4.90 Å². The number of aliphatic hydroxyl groups excluding tert-OH is 1. The molecule has 0 aliphatic rings. The van der Waals surface area contributed by atoms with Crippen molar-refractivity contribution in [3.8, 4) is 0 Å². The number of rotatable bonds is 12. The Kier molecular flexibility index (Phi) is 8.69. The lowest BCUT2D eigenvalue weighted by Gasteiger charge is -2.24. The first kappa shape index (κ1) is 19.7. The number of ether oxygens (including phenoxy) is 2. The minimum absolute atomic E-state index is 0.312. The zero-order valence-corrected chi connectivity index (χ0v) is 15.2. The predicted octanol–water partition coefficient (Wildman–Crippen LogP) is 3.00. The Morgan fingerprint density at radius 3 is 2.64 bits per heavy atom. The summed E-state index contributed by atoms with van der Waals surface area (Å²) in [5.41, 5.74) is 1.11. The number of aliphatic hydroxyl groups is 1. The van der Waals surface area contributed by atoms with Gasteiger partial charge in [-0.2, -0.15) is 0 Å². The molecule has 1 aromatic carbocycles. The van der Waals surface area contributed by atoms with Gasteiger partial charge in [0.15, 0.2) is 0 Å². The molecular weight excluding hydrogens is 318 g/mol. The van der Waals surface area contributed by atoms with Gasteiger partial charge in [-0.05, 0) is 31.0 Å². The van der Waals surface area contributed by atoms with Crippen LogP contribution in [0.4, 0.5) is 0 Å². The van der Waals surface area contributed by atoms with Gasteiger partial charge in [0, 0.05) is 26.8 Å². The molecule has 5 nitrogen and oxygen atoms in total. The van der Waals surface area contributed by atoms with Gasteiger partial charge in [0.1, 0.15) is 11.5 Å². The molecule has 25 heavy (non-hydrogen) atoms. The monoisotopic (exact) mass is 347 g/mol. The Hall–Kier alpha value is -1.66. The lowest BCUT2D eigenvalue weighted by Crippen LogP contribution is -2.35. The highest BCUT2D eigenvalue weighted by atomic mass is 16.5. The fourth-order valence-electron chi connectivity index (χ4n) is 2.70. The summed E-state index contributed by atoms with van der Waals surface area (Å²) < 4.78 is 16.4. The van der Waals surface area contributed by atoms with Crippen LogP contribution in [0.1, 0.15) is 23.5 Å². The molecule has 0 fully saturated rings. The van der Waals surface area contributed by atoms with Crippen LogP contribution >= 0.6 is 0 Å². The van der Waals surface area contributed by atoms with Crippen molar-refractivity contribution in [1.82, 2.24) is 4.90 Å². The molecular formula is C20H29NO4. The van der Waals surface area contributed by atoms with Crippen molar-refractivity contribution in [2.75, 3.05) is 33.4 Å². The smallest absolute Gasteiger partial charge is 0.118 e. The fraction of sp³-hybridized carbons (Fsp3) is 0.500. The molecule has 0 aliphatic carbocycles. The van der Waals surface area contributed by atoms with E-state index in [1.165, 1.54) is 0 Å². The average molecular weight is 347 g/mol. The van der Waals surface area contributed by atoms with Crippen molar-refractivity contribution < 1.29 is 19.0 Å². The maximum atomic E-state index is 10.3. The third kappa shape index (κ3) is 7.84. The van der Waals surface area contributed by atoms with E-state index in [2.05, 4.69) is 4.90 Å². The van der Waals surface area contributed by atoms with Gasteiger partial charge in [0.2, 0.25) is 0 Å². The van der Waals surface area contributed by atoms with Gasteiger partial charge in [-0.1, -0.05) is 30.3 Å². The summed E-state index contributed by atoms with van der Waals surface area (Å²) in [7, 11) is 1.70. The molecule has 1 N–H and O–H groups in total. The number of nitrogens with zero attached hydrogens (tertiary/aromatic N) is 1. The number of aryl methyl sites for hydroxylation is 1. The molecule has 0 radical (unpaired) electrons. The molecule has 1 heterocycles. The predicted molar refractivity (Wildman–Crippen MR) is 97.3 cm³/mol. The van der Waals surface area contributed by atoms with Crippen LogP contribution < -0.4 is 0 Å².